The van der Waals surface area contributed by atoms with Crippen molar-refractivity contribution < 1.29 is 14.3 Å². The van der Waals surface area contributed by atoms with Gasteiger partial charge in [0.05, 0.1) is 0 Å². The quantitative estimate of drug-likeness (QED) is 0.769. The van der Waals surface area contributed by atoms with E-state index in [1.54, 1.807) is 0 Å². The number of anilines is 1. The number of hydrogen-bond acceptors (Lipinski definition) is 4. The number of hydrogen-bond donors (Lipinski definition) is 2. The van der Waals surface area contributed by atoms with Gasteiger partial charge in [-0.2, -0.15) is 0 Å². The molecule has 0 spiro atoms. The monoisotopic (exact) mass is 248 g/mol. The van der Waals surface area contributed by atoms with Crippen molar-refractivity contribution in [2.45, 2.75) is 26.2 Å². The van der Waals surface area contributed by atoms with Gasteiger partial charge in [0.2, 0.25) is 0 Å². The summed E-state index contributed by atoms with van der Waals surface area (Å²) in [6, 6.07) is 5.76. The van der Waals surface area contributed by atoms with Gasteiger partial charge in [-0.3, -0.25) is 4.79 Å². The van der Waals surface area contributed by atoms with Crippen molar-refractivity contribution in [3.8, 4) is 0 Å². The van der Waals surface area contributed by atoms with E-state index in [-0.39, 0.29) is 6.42 Å². The third-order valence-corrected chi connectivity index (χ3v) is 2.64. The zero-order chi connectivity index (χ0) is 13.0. The maximum Gasteiger partial charge on any atom is 0.303 e. The molecule has 0 atom stereocenters. The second kappa shape index (κ2) is 5.53. The summed E-state index contributed by atoms with van der Waals surface area (Å²) in [5.74, 6) is -0.0860. The molecule has 2 N–H and O–H groups in total. The Morgan fingerprint density at radius 3 is 3.06 bits per heavy atom. The molecule has 5 nitrogen and oxygen atoms in total. The van der Waals surface area contributed by atoms with Gasteiger partial charge >= 0.3 is 5.97 Å². The van der Waals surface area contributed by atoms with Gasteiger partial charge in [0.25, 0.3) is 0 Å². The standard InChI is InChI=1S/C13H16N2O3/c1-9-15-11-6-5-10(8-12(11)18-9)14-7-3-2-4-13(16)17/h5-6,8,14H,2-4,7H2,1H3,(H,16,17). The topological polar surface area (TPSA) is 75.4 Å². The van der Waals surface area contributed by atoms with Crippen molar-refractivity contribution in [2.24, 2.45) is 0 Å². The molecule has 18 heavy (non-hydrogen) atoms. The molecule has 0 fully saturated rings. The van der Waals surface area contributed by atoms with Gasteiger partial charge in [-0.25, -0.2) is 4.98 Å². The van der Waals surface area contributed by atoms with Crippen LogP contribution in [0.2, 0.25) is 0 Å². The van der Waals surface area contributed by atoms with Crippen LogP contribution in [0, 0.1) is 6.92 Å². The number of nitrogens with one attached hydrogen (secondary N) is 1. The summed E-state index contributed by atoms with van der Waals surface area (Å²) in [5, 5.41) is 11.7. The summed E-state index contributed by atoms with van der Waals surface area (Å²) in [6.45, 7) is 2.57. The fraction of sp³-hybridized carbons (Fsp3) is 0.385. The molecular formula is C13H16N2O3. The van der Waals surface area contributed by atoms with Crippen molar-refractivity contribution in [1.29, 1.82) is 0 Å². The molecule has 0 aliphatic rings. The lowest BCUT2D eigenvalue weighted by Crippen LogP contribution is -2.02. The first-order valence-corrected chi connectivity index (χ1v) is 5.98. The van der Waals surface area contributed by atoms with Crippen LogP contribution in [0.4, 0.5) is 5.69 Å². The zero-order valence-electron chi connectivity index (χ0n) is 10.3. The largest absolute Gasteiger partial charge is 0.481 e. The number of rotatable bonds is 6. The van der Waals surface area contributed by atoms with E-state index in [1.165, 1.54) is 0 Å². The molecule has 0 unspecified atom stereocenters. The van der Waals surface area contributed by atoms with Gasteiger partial charge in [0, 0.05) is 31.6 Å². The number of nitrogens with zero attached hydrogens (tertiary/aromatic N) is 1. The second-order valence-corrected chi connectivity index (χ2v) is 4.19. The third kappa shape index (κ3) is 3.23. The SMILES string of the molecule is Cc1nc2ccc(NCCCCC(=O)O)cc2o1. The van der Waals surface area contributed by atoms with Gasteiger partial charge in [-0.1, -0.05) is 0 Å². The fourth-order valence-electron chi connectivity index (χ4n) is 1.78. The molecule has 0 amide bonds. The summed E-state index contributed by atoms with van der Waals surface area (Å²) in [7, 11) is 0. The lowest BCUT2D eigenvalue weighted by Gasteiger charge is -2.04. The first-order valence-electron chi connectivity index (χ1n) is 5.98. The molecule has 0 aliphatic carbocycles. The lowest BCUT2D eigenvalue weighted by molar-refractivity contribution is -0.137. The number of aliphatic carboxylic acids is 1. The van der Waals surface area contributed by atoms with Crippen LogP contribution in [-0.4, -0.2) is 22.6 Å². The van der Waals surface area contributed by atoms with Crippen LogP contribution in [0.5, 0.6) is 0 Å². The van der Waals surface area contributed by atoms with Crippen molar-refractivity contribution in [3.63, 3.8) is 0 Å². The Balaban J connectivity index is 1.86. The predicted molar refractivity (Wildman–Crippen MR) is 68.7 cm³/mol. The third-order valence-electron chi connectivity index (χ3n) is 2.64. The van der Waals surface area contributed by atoms with Crippen LogP contribution >= 0.6 is 0 Å². The molecule has 0 radical (unpaired) electrons. The zero-order valence-corrected chi connectivity index (χ0v) is 10.3. The molecule has 0 saturated heterocycles. The number of aromatic nitrogens is 1. The first kappa shape index (κ1) is 12.4. The molecule has 1 heterocycles. The molecule has 0 saturated carbocycles. The minimum Gasteiger partial charge on any atom is -0.481 e. The van der Waals surface area contributed by atoms with Gasteiger partial charge < -0.3 is 14.8 Å². The Morgan fingerprint density at radius 2 is 2.28 bits per heavy atom. The number of oxazole rings is 1. The smallest absolute Gasteiger partial charge is 0.303 e. The maximum absolute atomic E-state index is 10.3. The average Bonchev–Trinajstić information content (AvgIpc) is 2.67. The number of carboxylic acids is 1. The minimum atomic E-state index is -0.742. The van der Waals surface area contributed by atoms with Crippen LogP contribution in [0.25, 0.3) is 11.1 Å². The molecule has 2 rings (SSSR count). The van der Waals surface area contributed by atoms with Crippen molar-refractivity contribution in [2.75, 3.05) is 11.9 Å². The Morgan fingerprint density at radius 1 is 1.44 bits per heavy atom. The van der Waals surface area contributed by atoms with Crippen LogP contribution in [0.3, 0.4) is 0 Å². The van der Waals surface area contributed by atoms with Crippen molar-refractivity contribution in [1.82, 2.24) is 4.98 Å². The molecule has 0 bridgehead atoms. The average molecular weight is 248 g/mol. The molecule has 96 valence electrons. The number of carboxylic acid groups (broad SMARTS) is 1. The highest BCUT2D eigenvalue weighted by atomic mass is 16.4. The normalized spacial score (nSPS) is 10.7. The number of aryl methyl sites for hydroxylation is 1. The van der Waals surface area contributed by atoms with Gasteiger partial charge in [0.15, 0.2) is 11.5 Å². The van der Waals surface area contributed by atoms with E-state index in [2.05, 4.69) is 10.3 Å². The van der Waals surface area contributed by atoms with Crippen LogP contribution in [0.15, 0.2) is 22.6 Å². The summed E-state index contributed by atoms with van der Waals surface area (Å²) in [6.07, 6.45) is 1.74. The number of unbranched alkanes of at least 4 members (excludes halogenated alkanes) is 1. The van der Waals surface area contributed by atoms with Gasteiger partial charge in [-0.05, 0) is 25.0 Å². The van der Waals surface area contributed by atoms with E-state index in [0.717, 1.165) is 29.8 Å². The minimum absolute atomic E-state index is 0.224. The van der Waals surface area contributed by atoms with E-state index in [1.807, 2.05) is 25.1 Å². The molecule has 1 aromatic carbocycles. The molecule has 5 heteroatoms. The molecule has 2 aromatic rings. The van der Waals surface area contributed by atoms with Gasteiger partial charge in [-0.15, -0.1) is 0 Å². The van der Waals surface area contributed by atoms with E-state index in [9.17, 15) is 4.79 Å². The van der Waals surface area contributed by atoms with E-state index in [4.69, 9.17) is 9.52 Å². The molecular weight excluding hydrogens is 232 g/mol. The highest BCUT2D eigenvalue weighted by molar-refractivity contribution is 5.77. The fourth-order valence-corrected chi connectivity index (χ4v) is 1.78. The second-order valence-electron chi connectivity index (χ2n) is 4.19. The number of benzene rings is 1. The maximum atomic E-state index is 10.3. The van der Waals surface area contributed by atoms with Crippen molar-refractivity contribution >= 4 is 22.8 Å². The van der Waals surface area contributed by atoms with Crippen LogP contribution in [0.1, 0.15) is 25.2 Å². The Kier molecular flexibility index (Phi) is 3.82. The van der Waals surface area contributed by atoms with Crippen LogP contribution in [-0.2, 0) is 4.79 Å². The van der Waals surface area contributed by atoms with Crippen LogP contribution < -0.4 is 5.32 Å². The van der Waals surface area contributed by atoms with Crippen molar-refractivity contribution in [3.05, 3.63) is 24.1 Å². The van der Waals surface area contributed by atoms with E-state index >= 15 is 0 Å². The van der Waals surface area contributed by atoms with E-state index < -0.39 is 5.97 Å². The predicted octanol–water partition coefficient (Wildman–Crippen LogP) is 2.80. The van der Waals surface area contributed by atoms with Gasteiger partial charge in [0.1, 0.15) is 5.52 Å². The van der Waals surface area contributed by atoms with E-state index in [0.29, 0.717) is 12.3 Å². The summed E-state index contributed by atoms with van der Waals surface area (Å²) in [4.78, 5) is 14.6. The Labute approximate surface area is 105 Å². The Bertz CT molecular complexity index is 548. The summed E-state index contributed by atoms with van der Waals surface area (Å²) in [5.41, 5.74) is 2.58. The highest BCUT2D eigenvalue weighted by Crippen LogP contribution is 2.19. The summed E-state index contributed by atoms with van der Waals surface area (Å²) < 4.78 is 5.44. The Hall–Kier alpha value is -2.04. The summed E-state index contributed by atoms with van der Waals surface area (Å²) >= 11 is 0. The number of carbonyl (C=O) groups is 1. The molecule has 1 aromatic heterocycles. The highest BCUT2D eigenvalue weighted by Gasteiger charge is 2.03. The lowest BCUT2D eigenvalue weighted by atomic mass is 10.2. The first-order chi connectivity index (χ1) is 8.65. The number of fused-ring (bicyclic) bond motifs is 1. The molecule has 0 aliphatic heterocycles.